The van der Waals surface area contributed by atoms with E-state index in [0.29, 0.717) is 5.69 Å². The van der Waals surface area contributed by atoms with Crippen molar-refractivity contribution in [3.05, 3.63) is 23.8 Å². The second-order valence-corrected chi connectivity index (χ2v) is 2.62. The van der Waals surface area contributed by atoms with Gasteiger partial charge in [-0.1, -0.05) is 6.07 Å². The summed E-state index contributed by atoms with van der Waals surface area (Å²) < 4.78 is 0. The molecule has 0 aliphatic carbocycles. The molecule has 1 aromatic carbocycles. The molecule has 1 rings (SSSR count). The summed E-state index contributed by atoms with van der Waals surface area (Å²) in [4.78, 5) is 3.63. The van der Waals surface area contributed by atoms with Crippen LogP contribution in [0.5, 0.6) is 5.75 Å². The van der Waals surface area contributed by atoms with Gasteiger partial charge < -0.3 is 10.2 Å². The first kappa shape index (κ1) is 12.5. The van der Waals surface area contributed by atoms with Crippen LogP contribution in [0.3, 0.4) is 0 Å². The van der Waals surface area contributed by atoms with Crippen LogP contribution in [-0.4, -0.2) is 11.0 Å². The molecule has 0 bridgehead atoms. The van der Waals surface area contributed by atoms with Gasteiger partial charge in [0, 0.05) is 0 Å². The van der Waals surface area contributed by atoms with E-state index in [2.05, 4.69) is 4.99 Å². The van der Waals surface area contributed by atoms with Gasteiger partial charge in [0.2, 0.25) is 0 Å². The molecule has 0 saturated heterocycles. The first-order valence-electron chi connectivity index (χ1n) is 3.61. The fourth-order valence-electron chi connectivity index (χ4n) is 0.893. The normalized spacial score (nSPS) is 10.8. The number of phenols is 1. The van der Waals surface area contributed by atoms with E-state index in [1.807, 2.05) is 6.92 Å². The molecule has 1 N–H and O–H groups in total. The van der Waals surface area contributed by atoms with Crippen LogP contribution in [0.25, 0.3) is 0 Å². The van der Waals surface area contributed by atoms with Crippen molar-refractivity contribution in [1.29, 1.82) is 0 Å². The van der Waals surface area contributed by atoms with E-state index in [-0.39, 0.29) is 41.2 Å². The number of phenolic OH excluding ortho intramolecular Hbond substituents is 1. The van der Waals surface area contributed by atoms with Gasteiger partial charge in [0.25, 0.3) is 0 Å². The molecule has 0 aromatic heterocycles. The van der Waals surface area contributed by atoms with Crippen molar-refractivity contribution in [2.75, 3.05) is 0 Å². The molecule has 3 nitrogen and oxygen atoms in total. The summed E-state index contributed by atoms with van der Waals surface area (Å²) in [6.45, 7) is 3.22. The van der Waals surface area contributed by atoms with E-state index in [9.17, 15) is 10.2 Å². The Bertz CT molecular complexity index is 319. The van der Waals surface area contributed by atoms with Gasteiger partial charge in [-0.15, -0.1) is 0 Å². The number of aliphatic imine (C=N–C) groups is 1. The van der Waals surface area contributed by atoms with Crippen LogP contribution < -0.4 is 34.7 Å². The van der Waals surface area contributed by atoms with Crippen molar-refractivity contribution in [2.24, 2.45) is 4.99 Å². The molecule has 0 radical (unpaired) electrons. The number of hydrogen-bond donors (Lipinski definition) is 1. The summed E-state index contributed by atoms with van der Waals surface area (Å²) in [5, 5.41) is 19.8. The van der Waals surface area contributed by atoms with Crippen LogP contribution in [0.15, 0.2) is 23.2 Å². The molecular weight excluding hydrogens is 177 g/mol. The molecule has 64 valence electrons. The largest absolute Gasteiger partial charge is 1.00 e. The second-order valence-electron chi connectivity index (χ2n) is 2.62. The number of aryl methyl sites for hydroxylation is 1. The van der Waals surface area contributed by atoms with Crippen LogP contribution in [0, 0.1) is 6.92 Å². The maximum absolute atomic E-state index is 10.6. The Balaban J connectivity index is 0.00000144. The third-order valence-electron chi connectivity index (χ3n) is 1.41. The van der Waals surface area contributed by atoms with Crippen LogP contribution >= 0.6 is 0 Å². The Labute approximate surface area is 99.4 Å². The van der Waals surface area contributed by atoms with E-state index in [4.69, 9.17) is 0 Å². The summed E-state index contributed by atoms with van der Waals surface area (Å²) >= 11 is 0. The molecule has 0 fully saturated rings. The molecule has 0 amide bonds. The fourth-order valence-corrected chi connectivity index (χ4v) is 0.893. The molecule has 0 heterocycles. The van der Waals surface area contributed by atoms with Gasteiger partial charge in [-0.3, -0.25) is 4.99 Å². The third-order valence-corrected chi connectivity index (χ3v) is 1.41. The fraction of sp³-hybridized carbons (Fsp3) is 0.222. The van der Waals surface area contributed by atoms with Crippen molar-refractivity contribution in [3.63, 3.8) is 0 Å². The van der Waals surface area contributed by atoms with Gasteiger partial charge >= 0.3 is 29.6 Å². The molecule has 0 saturated carbocycles. The predicted octanol–water partition coefficient (Wildman–Crippen LogP) is -1.89. The minimum absolute atomic E-state index is 0. The van der Waals surface area contributed by atoms with Gasteiger partial charge in [0.1, 0.15) is 11.4 Å². The van der Waals surface area contributed by atoms with Crippen molar-refractivity contribution >= 4 is 11.6 Å². The predicted molar refractivity (Wildman–Crippen MR) is 45.6 cm³/mol. The smallest absolute Gasteiger partial charge is 0.862 e. The van der Waals surface area contributed by atoms with Gasteiger partial charge in [0.15, 0.2) is 0 Å². The Hall–Kier alpha value is -0.510. The number of nitrogens with zero attached hydrogens (tertiary/aromatic N) is 1. The number of rotatable bonds is 1. The van der Waals surface area contributed by atoms with E-state index in [1.165, 1.54) is 13.0 Å². The van der Waals surface area contributed by atoms with Crippen LogP contribution in [0.4, 0.5) is 5.69 Å². The third kappa shape index (κ3) is 3.81. The Morgan fingerprint density at radius 2 is 2.08 bits per heavy atom. The molecule has 0 atom stereocenters. The number of aromatic hydroxyl groups is 1. The van der Waals surface area contributed by atoms with Crippen molar-refractivity contribution < 1.29 is 39.8 Å². The molecule has 0 unspecified atom stereocenters. The number of benzene rings is 1. The van der Waals surface area contributed by atoms with Crippen molar-refractivity contribution in [1.82, 2.24) is 0 Å². The zero-order chi connectivity index (χ0) is 9.14. The van der Waals surface area contributed by atoms with Gasteiger partial charge in [-0.05, 0) is 37.4 Å². The van der Waals surface area contributed by atoms with E-state index < -0.39 is 0 Å². The molecule has 1 aromatic rings. The van der Waals surface area contributed by atoms with Crippen molar-refractivity contribution in [3.8, 4) is 5.75 Å². The molecule has 4 heteroatoms. The van der Waals surface area contributed by atoms with Gasteiger partial charge in [-0.25, -0.2) is 0 Å². The maximum atomic E-state index is 10.6. The standard InChI is InChI=1S/C9H11NO2.Na/c1-6-3-4-9(12)8(5-6)10-7(2)11;/h3-5,12H,1-2H3,(H,10,11);/q;+1/p-1. The Morgan fingerprint density at radius 1 is 1.46 bits per heavy atom. The number of hydrogen-bond acceptors (Lipinski definition) is 3. The average molecular weight is 187 g/mol. The second kappa shape index (κ2) is 5.27. The van der Waals surface area contributed by atoms with Crippen LogP contribution in [0.1, 0.15) is 12.5 Å². The molecule has 0 spiro atoms. The summed E-state index contributed by atoms with van der Waals surface area (Å²) in [5.41, 5.74) is 1.30. The Morgan fingerprint density at radius 3 is 2.62 bits per heavy atom. The molecule has 0 aliphatic heterocycles. The summed E-state index contributed by atoms with van der Waals surface area (Å²) in [5.74, 6) is -0.272. The molecule has 0 aliphatic rings. The SMILES string of the molecule is CC([O-])=Nc1cc(C)ccc1O.[Na+]. The van der Waals surface area contributed by atoms with Crippen LogP contribution in [-0.2, 0) is 0 Å². The quantitative estimate of drug-likeness (QED) is 0.317. The van der Waals surface area contributed by atoms with Crippen LogP contribution in [0.2, 0.25) is 0 Å². The van der Waals surface area contributed by atoms with Crippen molar-refractivity contribution in [2.45, 2.75) is 13.8 Å². The minimum Gasteiger partial charge on any atom is -0.862 e. The van der Waals surface area contributed by atoms with E-state index >= 15 is 0 Å². The zero-order valence-corrected chi connectivity index (χ0v) is 10.0. The first-order chi connectivity index (χ1) is 5.59. The first-order valence-corrected chi connectivity index (χ1v) is 3.61. The Kier molecular flexibility index (Phi) is 5.06. The van der Waals surface area contributed by atoms with Gasteiger partial charge in [-0.2, -0.15) is 0 Å². The zero-order valence-electron chi connectivity index (χ0n) is 8.03. The molecular formula is C9H10NNaO2. The van der Waals surface area contributed by atoms with E-state index in [1.54, 1.807) is 12.1 Å². The van der Waals surface area contributed by atoms with E-state index in [0.717, 1.165) is 5.56 Å². The maximum Gasteiger partial charge on any atom is 1.00 e. The average Bonchev–Trinajstić information content (AvgIpc) is 1.96. The summed E-state index contributed by atoms with van der Waals surface area (Å²) in [6.07, 6.45) is 0. The molecule has 13 heavy (non-hydrogen) atoms. The monoisotopic (exact) mass is 187 g/mol. The minimum atomic E-state index is -0.309. The van der Waals surface area contributed by atoms with Gasteiger partial charge in [0.05, 0.1) is 0 Å². The topological polar surface area (TPSA) is 55.7 Å². The summed E-state index contributed by atoms with van der Waals surface area (Å²) in [7, 11) is 0. The summed E-state index contributed by atoms with van der Waals surface area (Å²) in [6, 6.07) is 4.95.